The van der Waals surface area contributed by atoms with Gasteiger partial charge in [-0.05, 0) is 54.8 Å². The summed E-state index contributed by atoms with van der Waals surface area (Å²) in [6.07, 6.45) is 7.52. The van der Waals surface area contributed by atoms with Gasteiger partial charge in [-0.15, -0.1) is 0 Å². The van der Waals surface area contributed by atoms with Crippen molar-refractivity contribution < 1.29 is 27.9 Å². The number of hydrogen-bond donors (Lipinski definition) is 3. The number of ether oxygens (including phenoxy) is 1. The van der Waals surface area contributed by atoms with E-state index in [9.17, 15) is 23.1 Å². The molecule has 0 spiro atoms. The van der Waals surface area contributed by atoms with E-state index in [2.05, 4.69) is 20.6 Å². The lowest BCUT2D eigenvalue weighted by molar-refractivity contribution is -0.139. The number of carbonyl (C=O) groups excluding carboxylic acids is 1. The number of nitrogens with zero attached hydrogens (tertiary/aromatic N) is 3. The fourth-order valence-electron chi connectivity index (χ4n) is 4.67. The number of piperidine rings is 1. The molecule has 2 aromatic carbocycles. The summed E-state index contributed by atoms with van der Waals surface area (Å²) in [7, 11) is -3.82. The monoisotopic (exact) mass is 575 g/mol. The predicted molar refractivity (Wildman–Crippen MR) is 152 cm³/mol. The first-order chi connectivity index (χ1) is 19.8. The maximum Gasteiger partial charge on any atom is 0.326 e. The average Bonchev–Trinajstić information content (AvgIpc) is 2.98. The fourth-order valence-corrected chi connectivity index (χ4v) is 6.33. The van der Waals surface area contributed by atoms with Crippen molar-refractivity contribution >= 4 is 38.5 Å². The van der Waals surface area contributed by atoms with Crippen LogP contribution < -0.4 is 15.4 Å². The third kappa shape index (κ3) is 6.61. The van der Waals surface area contributed by atoms with Gasteiger partial charge in [0, 0.05) is 48.9 Å². The zero-order valence-corrected chi connectivity index (χ0v) is 22.9. The molecule has 41 heavy (non-hydrogen) atoms. The zero-order chi connectivity index (χ0) is 28.8. The molecule has 3 N–H and O–H groups in total. The van der Waals surface area contributed by atoms with Gasteiger partial charge >= 0.3 is 12.0 Å². The number of amides is 2. The van der Waals surface area contributed by atoms with Crippen LogP contribution in [0, 0.1) is 0 Å². The minimum atomic E-state index is -3.82. The molecule has 11 nitrogen and oxygen atoms in total. The van der Waals surface area contributed by atoms with E-state index in [1.54, 1.807) is 55.0 Å². The van der Waals surface area contributed by atoms with Crippen LogP contribution >= 0.6 is 0 Å². The molecule has 1 unspecified atom stereocenters. The number of sulfonamides is 1. The molecule has 3 heterocycles. The van der Waals surface area contributed by atoms with E-state index in [0.29, 0.717) is 30.3 Å². The molecular weight excluding hydrogens is 546 g/mol. The lowest BCUT2D eigenvalue weighted by Crippen LogP contribution is -2.44. The van der Waals surface area contributed by atoms with E-state index >= 15 is 0 Å². The number of carboxylic acid groups (broad SMARTS) is 1. The molecule has 1 saturated heterocycles. The molecule has 212 valence electrons. The fraction of sp³-hybridized carbons (Fsp3) is 0.241. The largest absolute Gasteiger partial charge is 0.480 e. The summed E-state index contributed by atoms with van der Waals surface area (Å²) in [5, 5.41) is 16.4. The van der Waals surface area contributed by atoms with Gasteiger partial charge in [-0.1, -0.05) is 30.7 Å². The molecular formula is C29H29N5O6S. The second-order valence-electron chi connectivity index (χ2n) is 9.61. The van der Waals surface area contributed by atoms with Gasteiger partial charge < -0.3 is 20.5 Å². The van der Waals surface area contributed by atoms with Crippen LogP contribution in [0.5, 0.6) is 11.6 Å². The molecule has 0 aliphatic carbocycles. The maximum absolute atomic E-state index is 13.2. The smallest absolute Gasteiger partial charge is 0.326 e. The summed E-state index contributed by atoms with van der Waals surface area (Å²) in [5.74, 6) is -0.306. The molecule has 0 radical (unpaired) electrons. The van der Waals surface area contributed by atoms with Gasteiger partial charge in [0.2, 0.25) is 15.9 Å². The molecule has 2 aromatic heterocycles. The first-order valence-electron chi connectivity index (χ1n) is 13.2. The van der Waals surface area contributed by atoms with Gasteiger partial charge in [-0.3, -0.25) is 4.98 Å². The quantitative estimate of drug-likeness (QED) is 0.265. The minimum Gasteiger partial charge on any atom is -0.480 e. The highest BCUT2D eigenvalue weighted by Gasteiger charge is 2.29. The summed E-state index contributed by atoms with van der Waals surface area (Å²) < 4.78 is 33.8. The summed E-state index contributed by atoms with van der Waals surface area (Å²) in [6, 6.07) is 14.5. The number of para-hydroxylation sites is 1. The molecule has 1 fully saturated rings. The van der Waals surface area contributed by atoms with Crippen molar-refractivity contribution in [2.24, 2.45) is 0 Å². The van der Waals surface area contributed by atoms with Gasteiger partial charge in [0.25, 0.3) is 0 Å². The average molecular weight is 576 g/mol. The van der Waals surface area contributed by atoms with Crippen LogP contribution in [0.25, 0.3) is 10.8 Å². The second kappa shape index (κ2) is 12.3. The summed E-state index contributed by atoms with van der Waals surface area (Å²) in [6.45, 7) is 0.841. The van der Waals surface area contributed by atoms with Crippen molar-refractivity contribution in [3.05, 3.63) is 84.8 Å². The molecule has 1 atom stereocenters. The van der Waals surface area contributed by atoms with E-state index in [-0.39, 0.29) is 17.0 Å². The summed E-state index contributed by atoms with van der Waals surface area (Å²) >= 11 is 0. The Morgan fingerprint density at radius 2 is 1.73 bits per heavy atom. The predicted octanol–water partition coefficient (Wildman–Crippen LogP) is 4.41. The van der Waals surface area contributed by atoms with Crippen LogP contribution in [0.3, 0.4) is 0 Å². The molecule has 1 aliphatic heterocycles. The van der Waals surface area contributed by atoms with Crippen LogP contribution in [-0.4, -0.2) is 58.9 Å². The molecule has 12 heteroatoms. The lowest BCUT2D eigenvalue weighted by Gasteiger charge is -2.27. The third-order valence-electron chi connectivity index (χ3n) is 6.78. The number of fused-ring (bicyclic) bond motifs is 1. The second-order valence-corrected chi connectivity index (χ2v) is 11.5. The van der Waals surface area contributed by atoms with E-state index in [0.717, 1.165) is 30.0 Å². The van der Waals surface area contributed by atoms with E-state index in [1.807, 2.05) is 12.1 Å². The number of nitrogens with one attached hydrogen (secondary N) is 2. The number of aliphatic carboxylic acids is 1. The Balaban J connectivity index is 1.24. The van der Waals surface area contributed by atoms with Gasteiger partial charge in [-0.2, -0.15) is 4.31 Å². The standard InChI is InChI=1S/C29H29N5O6S/c35-28(36)25(18-20-8-10-22(11-9-20)40-27-23-13-14-30-19-21(23)12-15-31-27)33-29(37)32-24-6-2-3-7-26(24)41(38,39)34-16-4-1-5-17-34/h2-3,6-15,19,25H,1,4-5,16-18H2,(H,35,36)(H2,32,33,37). The van der Waals surface area contributed by atoms with E-state index < -0.39 is 28.1 Å². The first-order valence-corrected chi connectivity index (χ1v) is 14.6. The van der Waals surface area contributed by atoms with Crippen molar-refractivity contribution in [2.45, 2.75) is 36.6 Å². The normalized spacial score (nSPS) is 14.7. The van der Waals surface area contributed by atoms with Crippen molar-refractivity contribution in [1.29, 1.82) is 0 Å². The number of urea groups is 1. The number of carbonyl (C=O) groups is 2. The van der Waals surface area contributed by atoms with Crippen LogP contribution in [0.15, 0.2) is 84.1 Å². The number of carboxylic acids is 1. The van der Waals surface area contributed by atoms with Gasteiger partial charge in [0.05, 0.1) is 5.69 Å². The number of aromatic nitrogens is 2. The van der Waals surface area contributed by atoms with Gasteiger partial charge in [0.15, 0.2) is 0 Å². The number of pyridine rings is 2. The minimum absolute atomic E-state index is 0.00502. The van der Waals surface area contributed by atoms with Crippen LogP contribution in [-0.2, 0) is 21.2 Å². The molecule has 5 rings (SSSR count). The van der Waals surface area contributed by atoms with Crippen molar-refractivity contribution in [3.63, 3.8) is 0 Å². The Morgan fingerprint density at radius 1 is 0.976 bits per heavy atom. The van der Waals surface area contributed by atoms with E-state index in [1.165, 1.54) is 16.4 Å². The number of anilines is 1. The Bertz CT molecular complexity index is 1650. The molecule has 0 saturated carbocycles. The maximum atomic E-state index is 13.2. The topological polar surface area (TPSA) is 151 Å². The van der Waals surface area contributed by atoms with Crippen LogP contribution in [0.1, 0.15) is 24.8 Å². The van der Waals surface area contributed by atoms with Crippen LogP contribution in [0.2, 0.25) is 0 Å². The van der Waals surface area contributed by atoms with Crippen molar-refractivity contribution in [3.8, 4) is 11.6 Å². The highest BCUT2D eigenvalue weighted by atomic mass is 32.2. The Kier molecular flexibility index (Phi) is 8.41. The van der Waals surface area contributed by atoms with Gasteiger partial charge in [-0.25, -0.2) is 23.0 Å². The van der Waals surface area contributed by atoms with Crippen molar-refractivity contribution in [2.75, 3.05) is 18.4 Å². The molecule has 2 amide bonds. The molecule has 4 aromatic rings. The number of rotatable bonds is 9. The number of hydrogen-bond acceptors (Lipinski definition) is 7. The Morgan fingerprint density at radius 3 is 2.49 bits per heavy atom. The SMILES string of the molecule is O=C(Nc1ccccc1S(=O)(=O)N1CCCCC1)NC(Cc1ccc(Oc2nccc3cnccc23)cc1)C(=O)O. The van der Waals surface area contributed by atoms with Crippen LogP contribution in [0.4, 0.5) is 10.5 Å². The summed E-state index contributed by atoms with van der Waals surface area (Å²) in [5.41, 5.74) is 0.729. The highest BCUT2D eigenvalue weighted by molar-refractivity contribution is 7.89. The lowest BCUT2D eigenvalue weighted by atomic mass is 10.1. The van der Waals surface area contributed by atoms with Gasteiger partial charge in [0.1, 0.15) is 16.7 Å². The highest BCUT2D eigenvalue weighted by Crippen LogP contribution is 2.28. The van der Waals surface area contributed by atoms with E-state index in [4.69, 9.17) is 4.74 Å². The molecule has 0 bridgehead atoms. The first kappa shape index (κ1) is 28.0. The molecule has 1 aliphatic rings. The Labute approximate surface area is 237 Å². The Hall–Kier alpha value is -4.55. The summed E-state index contributed by atoms with van der Waals surface area (Å²) in [4.78, 5) is 33.1. The zero-order valence-electron chi connectivity index (χ0n) is 22.1. The van der Waals surface area contributed by atoms with Crippen molar-refractivity contribution in [1.82, 2.24) is 19.6 Å². The number of benzene rings is 2. The third-order valence-corrected chi connectivity index (χ3v) is 8.73.